The largest absolute Gasteiger partial charge is 0.303 e. The van der Waals surface area contributed by atoms with Crippen molar-refractivity contribution < 1.29 is 4.92 Å². The summed E-state index contributed by atoms with van der Waals surface area (Å²) in [5.74, 6) is 0.899. The Balaban J connectivity index is 2.04. The zero-order valence-electron chi connectivity index (χ0n) is 12.7. The molecule has 6 heteroatoms. The van der Waals surface area contributed by atoms with E-state index in [4.69, 9.17) is 0 Å². The fourth-order valence-corrected chi connectivity index (χ4v) is 4.83. The number of nitro groups is 1. The number of pyridine rings is 1. The maximum atomic E-state index is 11.5. The van der Waals surface area contributed by atoms with E-state index < -0.39 is 0 Å². The van der Waals surface area contributed by atoms with Crippen LogP contribution in [0.3, 0.4) is 0 Å². The van der Waals surface area contributed by atoms with Crippen molar-refractivity contribution in [2.45, 2.75) is 24.0 Å². The summed E-state index contributed by atoms with van der Waals surface area (Å²) in [7, 11) is 0. The Morgan fingerprint density at radius 1 is 1.22 bits per heavy atom. The van der Waals surface area contributed by atoms with Crippen LogP contribution in [0.4, 0.5) is 5.69 Å². The molecule has 1 aromatic carbocycles. The van der Waals surface area contributed by atoms with Gasteiger partial charge in [0.05, 0.1) is 16.0 Å². The Labute approximate surface area is 142 Å². The number of fused-ring (bicyclic) bond motifs is 1. The van der Waals surface area contributed by atoms with E-state index in [1.165, 1.54) is 11.3 Å². The third-order valence-corrected chi connectivity index (χ3v) is 5.92. The molecule has 0 amide bonds. The van der Waals surface area contributed by atoms with Gasteiger partial charge in [0.1, 0.15) is 9.04 Å². The third kappa shape index (κ3) is 3.38. The summed E-state index contributed by atoms with van der Waals surface area (Å²) in [6.45, 7) is 2.12. The Morgan fingerprint density at radius 3 is 2.70 bits per heavy atom. The maximum absolute atomic E-state index is 11.5. The van der Waals surface area contributed by atoms with Gasteiger partial charge in [0.25, 0.3) is 0 Å². The monoisotopic (exact) mass is 344 g/mol. The molecule has 3 aromatic rings. The average Bonchev–Trinajstić information content (AvgIpc) is 2.93. The molecule has 2 heterocycles. The predicted molar refractivity (Wildman–Crippen MR) is 97.3 cm³/mol. The number of benzene rings is 1. The topological polar surface area (TPSA) is 56.0 Å². The number of rotatable bonds is 6. The molecule has 0 aliphatic carbocycles. The number of unbranched alkanes of at least 4 members (excludes halogenated alkanes) is 1. The highest BCUT2D eigenvalue weighted by Gasteiger charge is 2.23. The number of thiophene rings is 1. The van der Waals surface area contributed by atoms with Gasteiger partial charge in [-0.1, -0.05) is 43.7 Å². The van der Waals surface area contributed by atoms with Crippen LogP contribution in [0.25, 0.3) is 21.5 Å². The van der Waals surface area contributed by atoms with Crippen LogP contribution in [0.15, 0.2) is 46.7 Å². The first-order valence-electron chi connectivity index (χ1n) is 7.47. The summed E-state index contributed by atoms with van der Waals surface area (Å²) in [5, 5.41) is 12.1. The molecule has 0 spiro atoms. The molecule has 118 valence electrons. The van der Waals surface area contributed by atoms with Crippen molar-refractivity contribution in [3.63, 3.8) is 0 Å². The van der Waals surface area contributed by atoms with Gasteiger partial charge in [0.15, 0.2) is 0 Å². The minimum atomic E-state index is -0.281. The molecule has 0 unspecified atom stereocenters. The summed E-state index contributed by atoms with van der Waals surface area (Å²) in [6, 6.07) is 13.6. The van der Waals surface area contributed by atoms with E-state index in [0.717, 1.165) is 38.9 Å². The zero-order valence-corrected chi connectivity index (χ0v) is 14.3. The lowest BCUT2D eigenvalue weighted by atomic mass is 10.1. The molecule has 0 saturated heterocycles. The van der Waals surface area contributed by atoms with E-state index in [-0.39, 0.29) is 10.6 Å². The van der Waals surface area contributed by atoms with Gasteiger partial charge in [-0.05, 0) is 24.3 Å². The van der Waals surface area contributed by atoms with Gasteiger partial charge in [0.2, 0.25) is 0 Å². The summed E-state index contributed by atoms with van der Waals surface area (Å²) < 4.78 is 0.760. The van der Waals surface area contributed by atoms with E-state index in [2.05, 4.69) is 11.9 Å². The fraction of sp³-hybridized carbons (Fsp3) is 0.235. The van der Waals surface area contributed by atoms with Crippen LogP contribution in [0.2, 0.25) is 0 Å². The van der Waals surface area contributed by atoms with Crippen molar-refractivity contribution in [3.8, 4) is 11.3 Å². The van der Waals surface area contributed by atoms with Crippen molar-refractivity contribution >= 4 is 39.0 Å². The first-order valence-corrected chi connectivity index (χ1v) is 9.27. The van der Waals surface area contributed by atoms with Crippen LogP contribution in [-0.2, 0) is 0 Å². The molecule has 23 heavy (non-hydrogen) atoms. The molecule has 0 aliphatic rings. The van der Waals surface area contributed by atoms with Gasteiger partial charge in [0, 0.05) is 5.56 Å². The van der Waals surface area contributed by atoms with Crippen LogP contribution >= 0.6 is 23.1 Å². The van der Waals surface area contributed by atoms with Gasteiger partial charge < -0.3 is 0 Å². The highest BCUT2D eigenvalue weighted by molar-refractivity contribution is 8.01. The Bertz CT molecular complexity index is 831. The predicted octanol–water partition coefficient (Wildman–Crippen LogP) is 5.76. The summed E-state index contributed by atoms with van der Waals surface area (Å²) in [4.78, 5) is 16.5. The number of aromatic nitrogens is 1. The second-order valence-corrected chi connectivity index (χ2v) is 7.48. The van der Waals surface area contributed by atoms with Crippen LogP contribution in [0.5, 0.6) is 0 Å². The fourth-order valence-electron chi connectivity index (χ4n) is 2.29. The first-order chi connectivity index (χ1) is 11.2. The molecule has 0 saturated carbocycles. The smallest absolute Gasteiger partial charge is 0.258 e. The summed E-state index contributed by atoms with van der Waals surface area (Å²) in [5.41, 5.74) is 2.07. The minimum Gasteiger partial charge on any atom is -0.258 e. The SMILES string of the molecule is CCCCSc1sc2nc(-c3ccccc3)ccc2c1[N+](=O)[O-]. The molecule has 0 fully saturated rings. The summed E-state index contributed by atoms with van der Waals surface area (Å²) >= 11 is 2.99. The number of hydrogen-bond acceptors (Lipinski definition) is 5. The average molecular weight is 344 g/mol. The number of nitrogens with zero attached hydrogens (tertiary/aromatic N) is 2. The lowest BCUT2D eigenvalue weighted by Gasteiger charge is -1.99. The van der Waals surface area contributed by atoms with E-state index in [1.807, 2.05) is 42.5 Å². The third-order valence-electron chi connectivity index (χ3n) is 3.48. The highest BCUT2D eigenvalue weighted by Crippen LogP contribution is 2.43. The van der Waals surface area contributed by atoms with Crippen LogP contribution in [0.1, 0.15) is 19.8 Å². The minimum absolute atomic E-state index is 0.207. The van der Waals surface area contributed by atoms with Gasteiger partial charge in [-0.3, -0.25) is 10.1 Å². The van der Waals surface area contributed by atoms with Gasteiger partial charge in [-0.25, -0.2) is 4.98 Å². The van der Waals surface area contributed by atoms with Crippen LogP contribution in [0, 0.1) is 10.1 Å². The zero-order chi connectivity index (χ0) is 16.2. The second kappa shape index (κ2) is 7.10. The Morgan fingerprint density at radius 2 is 2.00 bits per heavy atom. The Kier molecular flexibility index (Phi) is 4.93. The lowest BCUT2D eigenvalue weighted by molar-refractivity contribution is -0.385. The second-order valence-electron chi connectivity index (χ2n) is 5.11. The van der Waals surface area contributed by atoms with Crippen molar-refractivity contribution in [1.29, 1.82) is 0 Å². The first kappa shape index (κ1) is 16.0. The van der Waals surface area contributed by atoms with E-state index >= 15 is 0 Å². The van der Waals surface area contributed by atoms with Gasteiger partial charge >= 0.3 is 5.69 Å². The molecule has 0 bridgehead atoms. The normalized spacial score (nSPS) is 11.0. The Hall–Kier alpha value is -1.92. The van der Waals surface area contributed by atoms with Crippen molar-refractivity contribution in [3.05, 3.63) is 52.6 Å². The molecule has 0 radical (unpaired) electrons. The van der Waals surface area contributed by atoms with E-state index in [0.29, 0.717) is 5.39 Å². The number of hydrogen-bond donors (Lipinski definition) is 0. The molecule has 2 aromatic heterocycles. The van der Waals surface area contributed by atoms with Gasteiger partial charge in [-0.15, -0.1) is 23.1 Å². The molecule has 0 atom stereocenters. The van der Waals surface area contributed by atoms with Gasteiger partial charge in [-0.2, -0.15) is 0 Å². The van der Waals surface area contributed by atoms with Crippen LogP contribution in [-0.4, -0.2) is 15.7 Å². The van der Waals surface area contributed by atoms with E-state index in [9.17, 15) is 10.1 Å². The van der Waals surface area contributed by atoms with E-state index in [1.54, 1.807) is 11.8 Å². The number of thioether (sulfide) groups is 1. The molecule has 4 nitrogen and oxygen atoms in total. The molecular formula is C17H16N2O2S2. The maximum Gasteiger partial charge on any atom is 0.303 e. The lowest BCUT2D eigenvalue weighted by Crippen LogP contribution is -1.89. The quantitative estimate of drug-likeness (QED) is 0.247. The van der Waals surface area contributed by atoms with Crippen molar-refractivity contribution in [2.24, 2.45) is 0 Å². The van der Waals surface area contributed by atoms with Crippen molar-refractivity contribution in [1.82, 2.24) is 4.98 Å². The molecule has 0 aliphatic heterocycles. The molecular weight excluding hydrogens is 328 g/mol. The van der Waals surface area contributed by atoms with Crippen LogP contribution < -0.4 is 0 Å². The molecule has 0 N–H and O–H groups in total. The standard InChI is InChI=1S/C17H16N2O2S2/c1-2-3-11-22-17-15(19(20)21)13-9-10-14(18-16(13)23-17)12-7-5-4-6-8-12/h4-10H,2-3,11H2,1H3. The summed E-state index contributed by atoms with van der Waals surface area (Å²) in [6.07, 6.45) is 2.14. The van der Waals surface area contributed by atoms with Crippen molar-refractivity contribution in [2.75, 3.05) is 5.75 Å². The highest BCUT2D eigenvalue weighted by atomic mass is 32.2. The molecule has 3 rings (SSSR count).